The highest BCUT2D eigenvalue weighted by Gasteiger charge is 2.19. The number of benzene rings is 3. The van der Waals surface area contributed by atoms with E-state index in [0.717, 1.165) is 16.8 Å². The Morgan fingerprint density at radius 3 is 2.72 bits per heavy atom. The van der Waals surface area contributed by atoms with Crippen molar-refractivity contribution in [3.05, 3.63) is 87.7 Å². The number of carbonyl (C=O) groups excluding carboxylic acids is 1. The number of hydrogen-bond acceptors (Lipinski definition) is 6. The number of hydrogen-bond donors (Lipinski definition) is 0. The topological polar surface area (TPSA) is 70.4 Å². The molecule has 0 radical (unpaired) electrons. The molecule has 0 N–H and O–H groups in total. The first kappa shape index (κ1) is 20.3. The quantitative estimate of drug-likeness (QED) is 0.252. The lowest BCUT2D eigenvalue weighted by atomic mass is 10.1. The van der Waals surface area contributed by atoms with E-state index in [1.54, 1.807) is 28.8 Å². The zero-order valence-corrected chi connectivity index (χ0v) is 18.4. The molecule has 0 spiro atoms. The maximum Gasteiger partial charge on any atom is 0.266 e. The summed E-state index contributed by atoms with van der Waals surface area (Å²) in [5.41, 5.74) is 3.83. The standard InChI is InChI=1S/C25H20N2O4S/c1-15-6-5-9-20(16(15)2)27-24(29)18-7-3-4-8-19(18)26-25(27)32-13-21(28)17-10-11-22-23(12-17)31-14-30-22/h3-12H,13-14H2,1-2H3. The van der Waals surface area contributed by atoms with E-state index in [1.165, 1.54) is 11.8 Å². The van der Waals surface area contributed by atoms with Gasteiger partial charge >= 0.3 is 0 Å². The number of Topliss-reactive ketones (excluding diaryl/α,β-unsaturated/α-hetero) is 1. The van der Waals surface area contributed by atoms with Crippen molar-refractivity contribution in [1.29, 1.82) is 0 Å². The van der Waals surface area contributed by atoms with Gasteiger partial charge in [0.05, 0.1) is 22.3 Å². The minimum absolute atomic E-state index is 0.0804. The molecule has 0 saturated carbocycles. The Morgan fingerprint density at radius 2 is 1.84 bits per heavy atom. The Morgan fingerprint density at radius 1 is 1.03 bits per heavy atom. The molecule has 0 bridgehead atoms. The minimum atomic E-state index is -0.151. The summed E-state index contributed by atoms with van der Waals surface area (Å²) in [6.07, 6.45) is 0. The van der Waals surface area contributed by atoms with E-state index >= 15 is 0 Å². The third-order valence-corrected chi connectivity index (χ3v) is 6.53. The molecular weight excluding hydrogens is 424 g/mol. The number of carbonyl (C=O) groups is 1. The van der Waals surface area contributed by atoms with Crippen molar-refractivity contribution in [2.75, 3.05) is 12.5 Å². The fourth-order valence-corrected chi connectivity index (χ4v) is 4.58. The maximum atomic E-state index is 13.5. The first-order valence-electron chi connectivity index (χ1n) is 10.2. The number of nitrogens with zero attached hydrogens (tertiary/aromatic N) is 2. The molecule has 0 saturated heterocycles. The van der Waals surface area contributed by atoms with E-state index in [0.29, 0.717) is 33.1 Å². The fourth-order valence-electron chi connectivity index (χ4n) is 3.68. The molecule has 3 aromatic carbocycles. The van der Waals surface area contributed by atoms with Gasteiger partial charge in [0.1, 0.15) is 0 Å². The third kappa shape index (κ3) is 3.54. The number of ketones is 1. The summed E-state index contributed by atoms with van der Waals surface area (Å²) in [5.74, 6) is 1.25. The molecular formula is C25H20N2O4S. The van der Waals surface area contributed by atoms with E-state index in [-0.39, 0.29) is 23.9 Å². The summed E-state index contributed by atoms with van der Waals surface area (Å²) in [6.45, 7) is 4.15. The molecule has 0 unspecified atom stereocenters. The van der Waals surface area contributed by atoms with Crippen molar-refractivity contribution >= 4 is 28.4 Å². The molecule has 6 nitrogen and oxygen atoms in total. The van der Waals surface area contributed by atoms with Crippen molar-refractivity contribution in [2.45, 2.75) is 19.0 Å². The van der Waals surface area contributed by atoms with Crippen LogP contribution in [0, 0.1) is 13.8 Å². The van der Waals surface area contributed by atoms with Crippen molar-refractivity contribution in [2.24, 2.45) is 0 Å². The second-order valence-electron chi connectivity index (χ2n) is 7.55. The Kier molecular flexibility index (Phi) is 5.19. The van der Waals surface area contributed by atoms with E-state index in [2.05, 4.69) is 0 Å². The summed E-state index contributed by atoms with van der Waals surface area (Å²) in [5, 5.41) is 1.02. The highest BCUT2D eigenvalue weighted by atomic mass is 32.2. The molecule has 5 rings (SSSR count). The molecule has 0 atom stereocenters. The van der Waals surface area contributed by atoms with E-state index in [4.69, 9.17) is 14.5 Å². The number of aromatic nitrogens is 2. The van der Waals surface area contributed by atoms with Gasteiger partial charge in [-0.2, -0.15) is 0 Å². The average molecular weight is 445 g/mol. The predicted molar refractivity (Wildman–Crippen MR) is 124 cm³/mol. The SMILES string of the molecule is Cc1cccc(-n2c(SCC(=O)c3ccc4c(c3)OCO4)nc3ccccc3c2=O)c1C. The van der Waals surface area contributed by atoms with Gasteiger partial charge in [0.2, 0.25) is 6.79 Å². The molecule has 0 amide bonds. The maximum absolute atomic E-state index is 13.5. The van der Waals surface area contributed by atoms with Gasteiger partial charge in [0.25, 0.3) is 5.56 Å². The smallest absolute Gasteiger partial charge is 0.266 e. The van der Waals surface area contributed by atoms with Gasteiger partial charge in [-0.25, -0.2) is 4.98 Å². The molecule has 1 aliphatic heterocycles. The number of rotatable bonds is 5. The first-order valence-corrected chi connectivity index (χ1v) is 11.2. The lowest BCUT2D eigenvalue weighted by Gasteiger charge is -2.16. The Balaban J connectivity index is 1.55. The summed E-state index contributed by atoms with van der Waals surface area (Å²) in [6, 6.07) is 18.3. The number of aryl methyl sites for hydroxylation is 1. The van der Waals surface area contributed by atoms with Gasteiger partial charge in [-0.15, -0.1) is 0 Å². The molecule has 4 aromatic rings. The van der Waals surface area contributed by atoms with Crippen LogP contribution in [0.15, 0.2) is 70.6 Å². The highest BCUT2D eigenvalue weighted by molar-refractivity contribution is 7.99. The van der Waals surface area contributed by atoms with Crippen LogP contribution < -0.4 is 15.0 Å². The fraction of sp³-hybridized carbons (Fsp3) is 0.160. The summed E-state index contributed by atoms with van der Waals surface area (Å²) < 4.78 is 12.3. The van der Waals surface area contributed by atoms with Crippen LogP contribution in [0.2, 0.25) is 0 Å². The second kappa shape index (κ2) is 8.16. The minimum Gasteiger partial charge on any atom is -0.454 e. The first-order chi connectivity index (χ1) is 15.5. The van der Waals surface area contributed by atoms with Crippen molar-refractivity contribution in [3.8, 4) is 17.2 Å². The van der Waals surface area contributed by atoms with Crippen molar-refractivity contribution in [1.82, 2.24) is 9.55 Å². The van der Waals surface area contributed by atoms with Crippen molar-refractivity contribution in [3.63, 3.8) is 0 Å². The summed E-state index contributed by atoms with van der Waals surface area (Å²) in [4.78, 5) is 31.1. The summed E-state index contributed by atoms with van der Waals surface area (Å²) in [7, 11) is 0. The average Bonchev–Trinajstić information content (AvgIpc) is 3.28. The zero-order chi connectivity index (χ0) is 22.2. The molecule has 32 heavy (non-hydrogen) atoms. The van der Waals surface area contributed by atoms with Gasteiger partial charge < -0.3 is 9.47 Å². The number of thioether (sulfide) groups is 1. The molecule has 160 valence electrons. The van der Waals surface area contributed by atoms with Gasteiger partial charge in [0, 0.05) is 5.56 Å². The lowest BCUT2D eigenvalue weighted by Crippen LogP contribution is -2.23. The van der Waals surface area contributed by atoms with Gasteiger partial charge in [-0.05, 0) is 61.4 Å². The number of fused-ring (bicyclic) bond motifs is 2. The molecule has 1 aromatic heterocycles. The monoisotopic (exact) mass is 444 g/mol. The van der Waals surface area contributed by atoms with Crippen LogP contribution in [0.5, 0.6) is 11.5 Å². The van der Waals surface area contributed by atoms with E-state index in [9.17, 15) is 9.59 Å². The second-order valence-corrected chi connectivity index (χ2v) is 8.49. The third-order valence-electron chi connectivity index (χ3n) is 5.59. The molecule has 1 aliphatic rings. The molecule has 0 fully saturated rings. The highest BCUT2D eigenvalue weighted by Crippen LogP contribution is 2.33. The Hall–Kier alpha value is -3.58. The molecule has 7 heteroatoms. The van der Waals surface area contributed by atoms with Crippen LogP contribution in [0.1, 0.15) is 21.5 Å². The van der Waals surface area contributed by atoms with Gasteiger partial charge in [0.15, 0.2) is 22.4 Å². The largest absolute Gasteiger partial charge is 0.454 e. The van der Waals surface area contributed by atoms with E-state index < -0.39 is 0 Å². The Labute approximate surface area is 188 Å². The van der Waals surface area contributed by atoms with Crippen LogP contribution in [-0.4, -0.2) is 27.9 Å². The molecule has 0 aliphatic carbocycles. The van der Waals surface area contributed by atoms with Gasteiger partial charge in [-0.1, -0.05) is 36.0 Å². The molecule has 2 heterocycles. The van der Waals surface area contributed by atoms with Crippen LogP contribution in [0.4, 0.5) is 0 Å². The number of ether oxygens (including phenoxy) is 2. The van der Waals surface area contributed by atoms with E-state index in [1.807, 2.05) is 50.2 Å². The van der Waals surface area contributed by atoms with Crippen LogP contribution in [-0.2, 0) is 0 Å². The zero-order valence-electron chi connectivity index (χ0n) is 17.6. The van der Waals surface area contributed by atoms with Crippen LogP contribution in [0.25, 0.3) is 16.6 Å². The predicted octanol–water partition coefficient (Wildman–Crippen LogP) is 4.71. The van der Waals surface area contributed by atoms with Gasteiger partial charge in [-0.3, -0.25) is 14.2 Å². The normalized spacial score (nSPS) is 12.3. The Bertz CT molecular complexity index is 1430. The van der Waals surface area contributed by atoms with Crippen LogP contribution >= 0.6 is 11.8 Å². The van der Waals surface area contributed by atoms with Crippen LogP contribution in [0.3, 0.4) is 0 Å². The van der Waals surface area contributed by atoms with Crippen molar-refractivity contribution < 1.29 is 14.3 Å². The lowest BCUT2D eigenvalue weighted by molar-refractivity contribution is 0.102. The summed E-state index contributed by atoms with van der Waals surface area (Å²) >= 11 is 1.25. The number of para-hydroxylation sites is 1.